The molecule has 0 bridgehead atoms. The van der Waals surface area contributed by atoms with Crippen molar-refractivity contribution in [2.45, 2.75) is 43.8 Å². The van der Waals surface area contributed by atoms with E-state index in [4.69, 9.17) is 0 Å². The summed E-state index contributed by atoms with van der Waals surface area (Å²) in [6.45, 7) is 0. The molecule has 142 valence electrons. The highest BCUT2D eigenvalue weighted by Gasteiger charge is 2.32. The first-order valence-electron chi connectivity index (χ1n) is 8.66. The number of rotatable bonds is 5. The molecule has 10 heteroatoms. The highest BCUT2D eigenvalue weighted by Crippen LogP contribution is 2.24. The van der Waals surface area contributed by atoms with Crippen LogP contribution in [0.15, 0.2) is 34.5 Å². The number of nitro benzene ring substituents is 1. The summed E-state index contributed by atoms with van der Waals surface area (Å²) in [6.07, 6.45) is 5.31. The van der Waals surface area contributed by atoms with Crippen molar-refractivity contribution < 1.29 is 14.5 Å². The lowest BCUT2D eigenvalue weighted by molar-refractivity contribution is -0.384. The summed E-state index contributed by atoms with van der Waals surface area (Å²) in [5.41, 5.74) is 1.42. The van der Waals surface area contributed by atoms with Gasteiger partial charge in [0.25, 0.3) is 5.69 Å². The first-order valence-corrected chi connectivity index (χ1v) is 9.54. The Labute approximate surface area is 159 Å². The molecule has 27 heavy (non-hydrogen) atoms. The molecule has 0 aromatic heterocycles. The number of nitrogens with zero attached hydrogens (tertiary/aromatic N) is 3. The van der Waals surface area contributed by atoms with Gasteiger partial charge in [0.05, 0.1) is 4.92 Å². The lowest BCUT2D eigenvalue weighted by Crippen LogP contribution is -2.28. The number of hydrogen-bond donors (Lipinski definition) is 2. The number of benzene rings is 1. The fourth-order valence-electron chi connectivity index (χ4n) is 2.81. The molecular weight excluding hydrogens is 370 g/mol. The Morgan fingerprint density at radius 1 is 1.22 bits per heavy atom. The molecule has 1 saturated heterocycles. The molecule has 2 fully saturated rings. The molecular formula is C17H19N5O4S. The Hall–Kier alpha value is -2.75. The van der Waals surface area contributed by atoms with Crippen molar-refractivity contribution in [2.75, 3.05) is 5.32 Å². The van der Waals surface area contributed by atoms with E-state index >= 15 is 0 Å². The second-order valence-electron chi connectivity index (χ2n) is 6.28. The Morgan fingerprint density at radius 2 is 1.93 bits per heavy atom. The van der Waals surface area contributed by atoms with Gasteiger partial charge in [0.1, 0.15) is 5.25 Å². The van der Waals surface area contributed by atoms with Gasteiger partial charge < -0.3 is 10.6 Å². The average Bonchev–Trinajstić information content (AvgIpc) is 3.00. The molecule has 1 atom stereocenters. The third kappa shape index (κ3) is 5.36. The lowest BCUT2D eigenvalue weighted by atomic mass is 9.99. The standard InChI is InChI=1S/C17H19N5O4S/c23-15(18-11-6-8-13(9-7-11)22(25)26)10-14-16(24)19-17(27-14)21-20-12-4-2-1-3-5-12/h6-9,14H,1-5,10H2,(H,18,23)(H,19,21,24)/t14-/m0/s1. The summed E-state index contributed by atoms with van der Waals surface area (Å²) in [4.78, 5) is 34.3. The third-order valence-corrected chi connectivity index (χ3v) is 5.29. The number of carbonyl (C=O) groups is 2. The normalized spacial score (nSPS) is 21.0. The molecule has 0 spiro atoms. The van der Waals surface area contributed by atoms with Gasteiger partial charge in [0.2, 0.25) is 11.8 Å². The second kappa shape index (κ2) is 8.76. The van der Waals surface area contributed by atoms with Crippen LogP contribution in [-0.2, 0) is 9.59 Å². The number of non-ortho nitro benzene ring substituents is 1. The number of hydrogen-bond acceptors (Lipinski definition) is 7. The number of nitrogens with one attached hydrogen (secondary N) is 2. The SMILES string of the molecule is O=C(C[C@@H]1S/C(=N/N=C2CCCCC2)NC1=O)Nc1ccc([N+](=O)[O-])cc1. The molecule has 2 aliphatic rings. The first kappa shape index (κ1) is 19.0. The van der Waals surface area contributed by atoms with E-state index in [2.05, 4.69) is 20.8 Å². The number of carbonyl (C=O) groups excluding carboxylic acids is 2. The lowest BCUT2D eigenvalue weighted by Gasteiger charge is -2.10. The molecule has 2 amide bonds. The van der Waals surface area contributed by atoms with Gasteiger partial charge in [-0.1, -0.05) is 18.2 Å². The van der Waals surface area contributed by atoms with Gasteiger partial charge in [0.15, 0.2) is 5.17 Å². The van der Waals surface area contributed by atoms with Gasteiger partial charge >= 0.3 is 0 Å². The van der Waals surface area contributed by atoms with Crippen molar-refractivity contribution in [3.63, 3.8) is 0 Å². The highest BCUT2D eigenvalue weighted by atomic mass is 32.2. The molecule has 1 aliphatic carbocycles. The summed E-state index contributed by atoms with van der Waals surface area (Å²) in [6, 6.07) is 5.51. The number of thioether (sulfide) groups is 1. The van der Waals surface area contributed by atoms with Crippen LogP contribution in [0.5, 0.6) is 0 Å². The van der Waals surface area contributed by atoms with E-state index in [1.54, 1.807) is 0 Å². The maximum atomic E-state index is 12.1. The summed E-state index contributed by atoms with van der Waals surface area (Å²) in [5, 5.41) is 24.1. The molecule has 1 saturated carbocycles. The van der Waals surface area contributed by atoms with Crippen molar-refractivity contribution in [1.29, 1.82) is 0 Å². The van der Waals surface area contributed by atoms with E-state index in [1.807, 2.05) is 0 Å². The van der Waals surface area contributed by atoms with E-state index < -0.39 is 10.2 Å². The van der Waals surface area contributed by atoms with Gasteiger partial charge in [-0.25, -0.2) is 0 Å². The van der Waals surface area contributed by atoms with Crippen molar-refractivity contribution in [3.8, 4) is 0 Å². The van der Waals surface area contributed by atoms with E-state index in [1.165, 1.54) is 42.4 Å². The minimum atomic E-state index is -0.576. The predicted molar refractivity (Wildman–Crippen MR) is 104 cm³/mol. The van der Waals surface area contributed by atoms with Crippen molar-refractivity contribution >= 4 is 45.8 Å². The Kier molecular flexibility index (Phi) is 6.17. The van der Waals surface area contributed by atoms with Crippen LogP contribution in [0.4, 0.5) is 11.4 Å². The zero-order chi connectivity index (χ0) is 19.2. The minimum Gasteiger partial charge on any atom is -0.326 e. The predicted octanol–water partition coefficient (Wildman–Crippen LogP) is 2.83. The number of nitro groups is 1. The van der Waals surface area contributed by atoms with Crippen molar-refractivity contribution in [2.24, 2.45) is 10.2 Å². The molecule has 1 aromatic rings. The smallest absolute Gasteiger partial charge is 0.269 e. The average molecular weight is 389 g/mol. The van der Waals surface area contributed by atoms with Crippen LogP contribution in [0.25, 0.3) is 0 Å². The van der Waals surface area contributed by atoms with Crippen LogP contribution in [0, 0.1) is 10.1 Å². The summed E-state index contributed by atoms with van der Waals surface area (Å²) in [7, 11) is 0. The topological polar surface area (TPSA) is 126 Å². The minimum absolute atomic E-state index is 0.0247. The van der Waals surface area contributed by atoms with Crippen LogP contribution in [0.1, 0.15) is 38.5 Å². The Bertz CT molecular complexity index is 798. The van der Waals surface area contributed by atoms with Crippen LogP contribution < -0.4 is 10.6 Å². The quantitative estimate of drug-likeness (QED) is 0.591. The van der Waals surface area contributed by atoms with E-state index in [9.17, 15) is 19.7 Å². The van der Waals surface area contributed by atoms with Gasteiger partial charge in [0, 0.05) is 30.0 Å². The van der Waals surface area contributed by atoms with Crippen LogP contribution in [0.2, 0.25) is 0 Å². The van der Waals surface area contributed by atoms with Gasteiger partial charge in [-0.05, 0) is 37.8 Å². The van der Waals surface area contributed by atoms with Gasteiger partial charge in [-0.3, -0.25) is 19.7 Å². The number of anilines is 1. The Balaban J connectivity index is 1.53. The number of amides is 2. The molecule has 9 nitrogen and oxygen atoms in total. The molecule has 1 aromatic carbocycles. The zero-order valence-electron chi connectivity index (χ0n) is 14.5. The third-order valence-electron chi connectivity index (χ3n) is 4.22. The van der Waals surface area contributed by atoms with E-state index in [-0.39, 0.29) is 23.9 Å². The van der Waals surface area contributed by atoms with Gasteiger partial charge in [-0.2, -0.15) is 5.10 Å². The molecule has 2 N–H and O–H groups in total. The molecule has 1 aliphatic heterocycles. The van der Waals surface area contributed by atoms with Crippen molar-refractivity contribution in [1.82, 2.24) is 5.32 Å². The zero-order valence-corrected chi connectivity index (χ0v) is 15.3. The van der Waals surface area contributed by atoms with Crippen LogP contribution >= 0.6 is 11.8 Å². The molecule has 1 heterocycles. The van der Waals surface area contributed by atoms with Crippen LogP contribution in [0.3, 0.4) is 0 Å². The fourth-order valence-corrected chi connectivity index (χ4v) is 3.73. The van der Waals surface area contributed by atoms with E-state index in [0.717, 1.165) is 31.4 Å². The summed E-state index contributed by atoms with van der Waals surface area (Å²) >= 11 is 1.18. The molecule has 3 rings (SSSR count). The highest BCUT2D eigenvalue weighted by molar-refractivity contribution is 8.15. The molecule has 0 unspecified atom stereocenters. The maximum absolute atomic E-state index is 12.1. The van der Waals surface area contributed by atoms with E-state index in [0.29, 0.717) is 10.9 Å². The first-order chi connectivity index (χ1) is 13.0. The monoisotopic (exact) mass is 389 g/mol. The molecule has 0 radical (unpaired) electrons. The maximum Gasteiger partial charge on any atom is 0.269 e. The summed E-state index contributed by atoms with van der Waals surface area (Å²) < 4.78 is 0. The number of amidine groups is 1. The fraction of sp³-hybridized carbons (Fsp3) is 0.412. The van der Waals surface area contributed by atoms with Crippen molar-refractivity contribution in [3.05, 3.63) is 34.4 Å². The second-order valence-corrected chi connectivity index (χ2v) is 7.48. The van der Waals surface area contributed by atoms with Crippen LogP contribution in [-0.4, -0.2) is 32.9 Å². The largest absolute Gasteiger partial charge is 0.326 e. The summed E-state index contributed by atoms with van der Waals surface area (Å²) in [5.74, 6) is -0.627. The Morgan fingerprint density at radius 3 is 2.59 bits per heavy atom. The van der Waals surface area contributed by atoms with Gasteiger partial charge in [-0.15, -0.1) is 5.10 Å².